The van der Waals surface area contributed by atoms with Gasteiger partial charge in [0.05, 0.1) is 11.7 Å². The molecule has 2 aromatic heterocycles. The Kier molecular flexibility index (Phi) is 2.86. The first-order valence-electron chi connectivity index (χ1n) is 4.25. The van der Waals surface area contributed by atoms with Crippen LogP contribution in [0.1, 0.15) is 21.0 Å². The molecule has 0 aliphatic heterocycles. The van der Waals surface area contributed by atoms with Crippen molar-refractivity contribution < 1.29 is 1.43 Å². The first-order chi connectivity index (χ1) is 5.86. The maximum Gasteiger partial charge on any atom is 0.0642 e. The predicted molar refractivity (Wildman–Crippen MR) is 54.3 cm³/mol. The van der Waals surface area contributed by atoms with Gasteiger partial charge in [-0.05, 0) is 19.1 Å². The lowest BCUT2D eigenvalue weighted by atomic mass is 10.3. The normalized spacial score (nSPS) is 9.25. The van der Waals surface area contributed by atoms with Crippen LogP contribution in [-0.4, -0.2) is 9.97 Å². The Balaban J connectivity index is 0.000000451. The van der Waals surface area contributed by atoms with Crippen LogP contribution >= 0.6 is 0 Å². The van der Waals surface area contributed by atoms with E-state index in [0.29, 0.717) is 0 Å². The van der Waals surface area contributed by atoms with Crippen LogP contribution < -0.4 is 0 Å². The predicted octanol–water partition coefficient (Wildman–Crippen LogP) is 3.14. The van der Waals surface area contributed by atoms with Gasteiger partial charge < -0.3 is 4.98 Å². The number of aromatic amines is 1. The zero-order chi connectivity index (χ0) is 8.97. The minimum Gasteiger partial charge on any atom is -0.357 e. The Morgan fingerprint density at radius 1 is 1.42 bits per heavy atom. The molecule has 0 atom stereocenters. The summed E-state index contributed by atoms with van der Waals surface area (Å²) in [7, 11) is 0. The highest BCUT2D eigenvalue weighted by molar-refractivity contribution is 5.78. The van der Waals surface area contributed by atoms with Crippen molar-refractivity contribution in [3.63, 3.8) is 0 Å². The van der Waals surface area contributed by atoms with Gasteiger partial charge in [-0.1, -0.05) is 13.8 Å². The molecular formula is C10H16N2. The molecule has 0 spiro atoms. The molecule has 0 aliphatic rings. The Morgan fingerprint density at radius 2 is 2.17 bits per heavy atom. The molecule has 2 aromatic rings. The van der Waals surface area contributed by atoms with Crippen molar-refractivity contribution >= 4 is 10.9 Å². The number of pyridine rings is 1. The number of aromatic nitrogens is 2. The number of nitrogens with zero attached hydrogens (tertiary/aromatic N) is 1. The molecular weight excluding hydrogens is 148 g/mol. The van der Waals surface area contributed by atoms with Crippen LogP contribution in [0.4, 0.5) is 0 Å². The lowest BCUT2D eigenvalue weighted by molar-refractivity contribution is 1.28. The van der Waals surface area contributed by atoms with Gasteiger partial charge in [-0.3, -0.25) is 4.98 Å². The number of aryl methyl sites for hydroxylation is 1. The summed E-state index contributed by atoms with van der Waals surface area (Å²) >= 11 is 0. The Morgan fingerprint density at radius 3 is 2.83 bits per heavy atom. The van der Waals surface area contributed by atoms with Gasteiger partial charge in [-0.25, -0.2) is 0 Å². The van der Waals surface area contributed by atoms with E-state index in [1.165, 1.54) is 11.1 Å². The van der Waals surface area contributed by atoms with Crippen LogP contribution in [0.25, 0.3) is 10.9 Å². The first-order valence-corrected chi connectivity index (χ1v) is 4.25. The molecule has 12 heavy (non-hydrogen) atoms. The molecule has 0 radical (unpaired) electrons. The van der Waals surface area contributed by atoms with E-state index in [9.17, 15) is 0 Å². The van der Waals surface area contributed by atoms with Crippen molar-refractivity contribution in [2.24, 2.45) is 0 Å². The van der Waals surface area contributed by atoms with E-state index in [0.717, 1.165) is 5.52 Å². The van der Waals surface area contributed by atoms with Gasteiger partial charge in [0.1, 0.15) is 0 Å². The molecule has 2 heterocycles. The number of rotatable bonds is 0. The van der Waals surface area contributed by atoms with Crippen molar-refractivity contribution in [2.45, 2.75) is 20.8 Å². The molecule has 66 valence electrons. The number of hydrogen-bond acceptors (Lipinski definition) is 1. The largest absolute Gasteiger partial charge is 0.357 e. The number of H-pyrrole nitrogens is 1. The summed E-state index contributed by atoms with van der Waals surface area (Å²) in [6.07, 6.45) is 3.64. The lowest BCUT2D eigenvalue weighted by Crippen LogP contribution is -1.69. The third-order valence-corrected chi connectivity index (χ3v) is 1.56. The summed E-state index contributed by atoms with van der Waals surface area (Å²) in [6, 6.07) is 4.11. The standard InChI is InChI=1S/C8H8N2.C2H6.H2/c1-6-4-7-2-3-9-5-8(7)10-6;1-2;/h2-5,10H,1H3;1-2H3;1H. The minimum atomic E-state index is 0. The van der Waals surface area contributed by atoms with Crippen molar-refractivity contribution in [2.75, 3.05) is 0 Å². The summed E-state index contributed by atoms with van der Waals surface area (Å²) < 4.78 is 0. The van der Waals surface area contributed by atoms with E-state index in [2.05, 4.69) is 16.0 Å². The Bertz CT molecular complexity index is 321. The average molecular weight is 164 g/mol. The van der Waals surface area contributed by atoms with Crippen LogP contribution in [0.2, 0.25) is 0 Å². The van der Waals surface area contributed by atoms with Gasteiger partial charge in [-0.2, -0.15) is 0 Å². The van der Waals surface area contributed by atoms with Gasteiger partial charge in [0, 0.05) is 18.7 Å². The zero-order valence-corrected chi connectivity index (χ0v) is 7.76. The molecule has 0 amide bonds. The molecule has 0 aromatic carbocycles. The van der Waals surface area contributed by atoms with Crippen LogP contribution in [0, 0.1) is 6.92 Å². The molecule has 0 bridgehead atoms. The average Bonchev–Trinajstić information content (AvgIpc) is 2.48. The van der Waals surface area contributed by atoms with Gasteiger partial charge in [0.15, 0.2) is 0 Å². The van der Waals surface area contributed by atoms with E-state index in [4.69, 9.17) is 0 Å². The second kappa shape index (κ2) is 3.90. The summed E-state index contributed by atoms with van der Waals surface area (Å²) in [6.45, 7) is 6.04. The highest BCUT2D eigenvalue weighted by atomic mass is 14.7. The number of hydrogen-bond donors (Lipinski definition) is 1. The van der Waals surface area contributed by atoms with Crippen molar-refractivity contribution in [3.8, 4) is 0 Å². The fourth-order valence-electron chi connectivity index (χ4n) is 1.12. The first kappa shape index (κ1) is 8.78. The second-order valence-corrected chi connectivity index (χ2v) is 2.42. The zero-order valence-electron chi connectivity index (χ0n) is 7.76. The van der Waals surface area contributed by atoms with Gasteiger partial charge in [-0.15, -0.1) is 0 Å². The summed E-state index contributed by atoms with van der Waals surface area (Å²) in [4.78, 5) is 7.19. The van der Waals surface area contributed by atoms with Gasteiger partial charge in [0.25, 0.3) is 0 Å². The van der Waals surface area contributed by atoms with Crippen LogP contribution in [0.5, 0.6) is 0 Å². The third kappa shape index (κ3) is 1.64. The van der Waals surface area contributed by atoms with E-state index < -0.39 is 0 Å². The van der Waals surface area contributed by atoms with Crippen molar-refractivity contribution in [3.05, 3.63) is 30.2 Å². The fourth-order valence-corrected chi connectivity index (χ4v) is 1.12. The second-order valence-electron chi connectivity index (χ2n) is 2.42. The van der Waals surface area contributed by atoms with E-state index in [1.807, 2.05) is 33.0 Å². The molecule has 0 saturated heterocycles. The maximum atomic E-state index is 3.99. The highest BCUT2D eigenvalue weighted by Gasteiger charge is 1.93. The van der Waals surface area contributed by atoms with Crippen molar-refractivity contribution in [1.29, 1.82) is 0 Å². The number of fused-ring (bicyclic) bond motifs is 1. The molecule has 2 rings (SSSR count). The fraction of sp³-hybridized carbons (Fsp3) is 0.300. The molecule has 0 unspecified atom stereocenters. The number of nitrogens with one attached hydrogen (secondary N) is 1. The van der Waals surface area contributed by atoms with Crippen LogP contribution in [0.3, 0.4) is 0 Å². The van der Waals surface area contributed by atoms with Crippen LogP contribution in [-0.2, 0) is 0 Å². The molecule has 0 aliphatic carbocycles. The Hall–Kier alpha value is -1.31. The molecule has 0 saturated carbocycles. The summed E-state index contributed by atoms with van der Waals surface area (Å²) in [5.74, 6) is 0. The van der Waals surface area contributed by atoms with E-state index >= 15 is 0 Å². The Labute approximate surface area is 74.1 Å². The summed E-state index contributed by atoms with van der Waals surface area (Å²) in [5, 5.41) is 1.23. The van der Waals surface area contributed by atoms with Gasteiger partial charge >= 0.3 is 0 Å². The smallest absolute Gasteiger partial charge is 0.0642 e. The minimum absolute atomic E-state index is 0. The quantitative estimate of drug-likeness (QED) is 0.636. The van der Waals surface area contributed by atoms with E-state index in [1.54, 1.807) is 6.20 Å². The monoisotopic (exact) mass is 164 g/mol. The SMILES string of the molecule is CC.Cc1cc2ccncc2[nH]1.[HH]. The van der Waals surface area contributed by atoms with E-state index in [-0.39, 0.29) is 1.43 Å². The third-order valence-electron chi connectivity index (χ3n) is 1.56. The van der Waals surface area contributed by atoms with Crippen LogP contribution in [0.15, 0.2) is 24.5 Å². The molecule has 0 fully saturated rings. The highest BCUT2D eigenvalue weighted by Crippen LogP contribution is 2.11. The molecule has 2 nitrogen and oxygen atoms in total. The van der Waals surface area contributed by atoms with Crippen molar-refractivity contribution in [1.82, 2.24) is 9.97 Å². The molecule has 2 heteroatoms. The lowest BCUT2D eigenvalue weighted by Gasteiger charge is -1.83. The summed E-state index contributed by atoms with van der Waals surface area (Å²) in [5.41, 5.74) is 2.29. The molecule has 1 N–H and O–H groups in total. The maximum absolute atomic E-state index is 3.99. The van der Waals surface area contributed by atoms with Gasteiger partial charge in [0.2, 0.25) is 0 Å². The topological polar surface area (TPSA) is 28.7 Å².